The fourth-order valence-electron chi connectivity index (χ4n) is 2.17. The number of rotatable bonds is 4. The summed E-state index contributed by atoms with van der Waals surface area (Å²) in [6.45, 7) is 2.08. The van der Waals surface area contributed by atoms with E-state index >= 15 is 0 Å². The van der Waals surface area contributed by atoms with E-state index in [1.54, 1.807) is 7.11 Å². The summed E-state index contributed by atoms with van der Waals surface area (Å²) in [4.78, 5) is 4.25. The molecule has 1 aromatic carbocycles. The van der Waals surface area contributed by atoms with Gasteiger partial charge in [0.2, 0.25) is 0 Å². The molecule has 0 aliphatic carbocycles. The minimum absolute atomic E-state index is 0.0302. The lowest BCUT2D eigenvalue weighted by Gasteiger charge is -2.22. The number of ether oxygens (including phenoxy) is 1. The van der Waals surface area contributed by atoms with Gasteiger partial charge in [0.15, 0.2) is 0 Å². The molecule has 0 aliphatic heterocycles. The highest BCUT2D eigenvalue weighted by Crippen LogP contribution is 2.25. The second-order valence-corrected chi connectivity index (χ2v) is 4.16. The molecule has 0 saturated heterocycles. The highest BCUT2D eigenvalue weighted by atomic mass is 16.5. The standard InChI is InChI=1S/C14H18N2O/c1-3-13(17-2)14(15)12-9-16-8-10-6-4-5-7-11(10)12/h4-9,13-14H,3,15H2,1-2H3. The Bertz CT molecular complexity index is 489. The number of nitrogens with two attached hydrogens (primary N) is 1. The molecular weight excluding hydrogens is 212 g/mol. The Morgan fingerprint density at radius 1 is 1.29 bits per heavy atom. The highest BCUT2D eigenvalue weighted by Gasteiger charge is 2.19. The molecule has 0 bridgehead atoms. The zero-order valence-corrected chi connectivity index (χ0v) is 10.3. The summed E-state index contributed by atoms with van der Waals surface area (Å²) in [5.41, 5.74) is 7.31. The zero-order chi connectivity index (χ0) is 12.3. The van der Waals surface area contributed by atoms with Crippen molar-refractivity contribution in [2.24, 2.45) is 5.73 Å². The maximum Gasteiger partial charge on any atom is 0.0762 e. The average molecular weight is 230 g/mol. The van der Waals surface area contributed by atoms with Crippen LogP contribution >= 0.6 is 0 Å². The van der Waals surface area contributed by atoms with Gasteiger partial charge in [-0.2, -0.15) is 0 Å². The van der Waals surface area contributed by atoms with Crippen LogP contribution < -0.4 is 5.73 Å². The second kappa shape index (κ2) is 5.25. The summed E-state index contributed by atoms with van der Waals surface area (Å²) >= 11 is 0. The van der Waals surface area contributed by atoms with Gasteiger partial charge in [0.25, 0.3) is 0 Å². The van der Waals surface area contributed by atoms with E-state index in [9.17, 15) is 0 Å². The first kappa shape index (κ1) is 12.0. The van der Waals surface area contributed by atoms with Crippen molar-refractivity contribution in [3.63, 3.8) is 0 Å². The number of fused-ring (bicyclic) bond motifs is 1. The molecule has 17 heavy (non-hydrogen) atoms. The van der Waals surface area contributed by atoms with Gasteiger partial charge in [-0.3, -0.25) is 4.98 Å². The number of hydrogen-bond donors (Lipinski definition) is 1. The first-order valence-electron chi connectivity index (χ1n) is 5.89. The molecule has 0 saturated carbocycles. The maximum atomic E-state index is 6.26. The van der Waals surface area contributed by atoms with Gasteiger partial charge in [-0.05, 0) is 17.4 Å². The Morgan fingerprint density at radius 3 is 2.76 bits per heavy atom. The van der Waals surface area contributed by atoms with E-state index in [4.69, 9.17) is 10.5 Å². The monoisotopic (exact) mass is 230 g/mol. The molecule has 3 nitrogen and oxygen atoms in total. The molecule has 2 unspecified atom stereocenters. The van der Waals surface area contributed by atoms with Crippen molar-refractivity contribution < 1.29 is 4.74 Å². The minimum atomic E-state index is -0.136. The van der Waals surface area contributed by atoms with E-state index in [1.165, 1.54) is 0 Å². The predicted molar refractivity (Wildman–Crippen MR) is 69.8 cm³/mol. The van der Waals surface area contributed by atoms with Gasteiger partial charge in [0.1, 0.15) is 0 Å². The van der Waals surface area contributed by atoms with Crippen molar-refractivity contribution in [2.45, 2.75) is 25.5 Å². The normalized spacial score (nSPS) is 14.8. The molecule has 0 fully saturated rings. The molecule has 2 atom stereocenters. The van der Waals surface area contributed by atoms with Gasteiger partial charge in [-0.15, -0.1) is 0 Å². The summed E-state index contributed by atoms with van der Waals surface area (Å²) < 4.78 is 5.41. The molecular formula is C14H18N2O. The van der Waals surface area contributed by atoms with Crippen LogP contribution in [-0.4, -0.2) is 18.2 Å². The molecule has 1 aromatic heterocycles. The molecule has 3 heteroatoms. The molecule has 0 aliphatic rings. The number of nitrogens with zero attached hydrogens (tertiary/aromatic N) is 1. The first-order valence-corrected chi connectivity index (χ1v) is 5.89. The molecule has 2 aromatic rings. The number of benzene rings is 1. The van der Waals surface area contributed by atoms with E-state index in [-0.39, 0.29) is 12.1 Å². The second-order valence-electron chi connectivity index (χ2n) is 4.16. The van der Waals surface area contributed by atoms with E-state index in [2.05, 4.69) is 18.0 Å². The summed E-state index contributed by atoms with van der Waals surface area (Å²) in [7, 11) is 1.70. The van der Waals surface area contributed by atoms with Crippen molar-refractivity contribution in [1.82, 2.24) is 4.98 Å². The quantitative estimate of drug-likeness (QED) is 0.878. The fourth-order valence-corrected chi connectivity index (χ4v) is 2.17. The number of hydrogen-bond acceptors (Lipinski definition) is 3. The molecule has 1 heterocycles. The third kappa shape index (κ3) is 2.30. The molecule has 0 amide bonds. The van der Waals surface area contributed by atoms with Gasteiger partial charge in [0, 0.05) is 24.9 Å². The van der Waals surface area contributed by atoms with Gasteiger partial charge < -0.3 is 10.5 Å². The van der Waals surface area contributed by atoms with Gasteiger partial charge in [-0.1, -0.05) is 31.2 Å². The Labute approximate surface area is 102 Å². The van der Waals surface area contributed by atoms with Gasteiger partial charge in [0.05, 0.1) is 12.1 Å². The molecule has 90 valence electrons. The predicted octanol–water partition coefficient (Wildman–Crippen LogP) is 2.66. The van der Waals surface area contributed by atoms with Crippen LogP contribution in [0.5, 0.6) is 0 Å². The van der Waals surface area contributed by atoms with Crippen molar-refractivity contribution in [2.75, 3.05) is 7.11 Å². The third-order valence-corrected chi connectivity index (χ3v) is 3.16. The van der Waals surface area contributed by atoms with Crippen LogP contribution in [0.3, 0.4) is 0 Å². The van der Waals surface area contributed by atoms with E-state index in [1.807, 2.05) is 30.6 Å². The number of aromatic nitrogens is 1. The molecule has 2 rings (SSSR count). The Balaban J connectivity index is 2.47. The molecule has 2 N–H and O–H groups in total. The SMILES string of the molecule is CCC(OC)C(N)c1cncc2ccccc12. The summed E-state index contributed by atoms with van der Waals surface area (Å²) in [5, 5.41) is 2.27. The lowest BCUT2D eigenvalue weighted by molar-refractivity contribution is 0.0775. The largest absolute Gasteiger partial charge is 0.379 e. The Hall–Kier alpha value is -1.45. The van der Waals surface area contributed by atoms with Gasteiger partial charge >= 0.3 is 0 Å². The topological polar surface area (TPSA) is 48.1 Å². The minimum Gasteiger partial charge on any atom is -0.379 e. The Kier molecular flexibility index (Phi) is 3.71. The van der Waals surface area contributed by atoms with Crippen molar-refractivity contribution >= 4 is 10.8 Å². The Morgan fingerprint density at radius 2 is 2.06 bits per heavy atom. The van der Waals surface area contributed by atoms with Crippen LogP contribution in [0.25, 0.3) is 10.8 Å². The third-order valence-electron chi connectivity index (χ3n) is 3.16. The first-order chi connectivity index (χ1) is 8.27. The lowest BCUT2D eigenvalue weighted by atomic mass is 9.97. The molecule has 0 spiro atoms. The van der Waals surface area contributed by atoms with Crippen molar-refractivity contribution in [3.05, 3.63) is 42.2 Å². The average Bonchev–Trinajstić information content (AvgIpc) is 2.39. The summed E-state index contributed by atoms with van der Waals surface area (Å²) in [6.07, 6.45) is 4.62. The van der Waals surface area contributed by atoms with E-state index < -0.39 is 0 Å². The summed E-state index contributed by atoms with van der Waals surface area (Å²) in [5.74, 6) is 0. The van der Waals surface area contributed by atoms with Crippen LogP contribution in [0.4, 0.5) is 0 Å². The maximum absolute atomic E-state index is 6.26. The number of pyridine rings is 1. The summed E-state index contributed by atoms with van der Waals surface area (Å²) in [6, 6.07) is 8.02. The van der Waals surface area contributed by atoms with E-state index in [0.29, 0.717) is 0 Å². The lowest BCUT2D eigenvalue weighted by Crippen LogP contribution is -2.27. The van der Waals surface area contributed by atoms with Crippen molar-refractivity contribution in [1.29, 1.82) is 0 Å². The number of methoxy groups -OCH3 is 1. The molecule has 0 radical (unpaired) electrons. The van der Waals surface area contributed by atoms with E-state index in [0.717, 1.165) is 22.8 Å². The van der Waals surface area contributed by atoms with Crippen molar-refractivity contribution in [3.8, 4) is 0 Å². The smallest absolute Gasteiger partial charge is 0.0762 e. The van der Waals surface area contributed by atoms with Crippen LogP contribution in [0.15, 0.2) is 36.7 Å². The van der Waals surface area contributed by atoms with Crippen LogP contribution in [0, 0.1) is 0 Å². The van der Waals surface area contributed by atoms with Crippen LogP contribution in [0.1, 0.15) is 24.9 Å². The highest BCUT2D eigenvalue weighted by molar-refractivity contribution is 5.85. The zero-order valence-electron chi connectivity index (χ0n) is 10.3. The van der Waals surface area contributed by atoms with Crippen LogP contribution in [-0.2, 0) is 4.74 Å². The van der Waals surface area contributed by atoms with Gasteiger partial charge in [-0.25, -0.2) is 0 Å². The fraction of sp³-hybridized carbons (Fsp3) is 0.357. The van der Waals surface area contributed by atoms with Crippen LogP contribution in [0.2, 0.25) is 0 Å².